The van der Waals surface area contributed by atoms with Crippen LogP contribution in [0, 0.1) is 53.5 Å². The highest BCUT2D eigenvalue weighted by Crippen LogP contribution is 2.42. The van der Waals surface area contributed by atoms with E-state index >= 15 is 17.6 Å². The van der Waals surface area contributed by atoms with Crippen molar-refractivity contribution in [2.45, 2.75) is 17.6 Å². The van der Waals surface area contributed by atoms with Crippen molar-refractivity contribution in [2.24, 2.45) is 0 Å². The van der Waals surface area contributed by atoms with Crippen LogP contribution < -0.4 is 18.9 Å². The molecule has 0 atom stereocenters. The Labute approximate surface area is 416 Å². The van der Waals surface area contributed by atoms with E-state index in [4.69, 9.17) is 23.1 Å². The zero-order chi connectivity index (χ0) is 53.4. The van der Waals surface area contributed by atoms with Crippen molar-refractivity contribution >= 4 is 26.0 Å². The van der Waals surface area contributed by atoms with E-state index in [0.29, 0.717) is 23.8 Å². The van der Waals surface area contributed by atoms with Gasteiger partial charge >= 0.3 is 0 Å². The van der Waals surface area contributed by atoms with E-state index in [2.05, 4.69) is 0 Å². The maximum absolute atomic E-state index is 15.1. The maximum atomic E-state index is 15.1. The second-order valence-corrected chi connectivity index (χ2v) is 19.1. The van der Waals surface area contributed by atoms with Gasteiger partial charge in [-0.2, -0.15) is 25.6 Å². The van der Waals surface area contributed by atoms with Crippen molar-refractivity contribution in [3.8, 4) is 73.6 Å². The third-order valence-corrected chi connectivity index (χ3v) is 13.3. The lowest BCUT2D eigenvalue weighted by Gasteiger charge is -2.15. The van der Waals surface area contributed by atoms with E-state index in [9.17, 15) is 43.7 Å². The van der Waals surface area contributed by atoms with Gasteiger partial charge in [-0.3, -0.25) is 13.5 Å². The summed E-state index contributed by atoms with van der Waals surface area (Å²) in [6.07, 6.45) is 0. The van der Waals surface area contributed by atoms with Gasteiger partial charge in [0, 0.05) is 22.3 Å². The lowest BCUT2D eigenvalue weighted by Crippen LogP contribution is -2.09. The Morgan fingerprint density at radius 3 is 1.27 bits per heavy atom. The predicted molar refractivity (Wildman–Crippen MR) is 253 cm³/mol. The van der Waals surface area contributed by atoms with E-state index in [1.165, 1.54) is 60.7 Å². The molecule has 74 heavy (non-hydrogen) atoms. The molecular formula is C53H34F8O11S2. The van der Waals surface area contributed by atoms with Crippen LogP contribution in [-0.2, 0) is 30.2 Å². The van der Waals surface area contributed by atoms with Gasteiger partial charge in [0.1, 0.15) is 45.1 Å². The van der Waals surface area contributed by atoms with Crippen molar-refractivity contribution in [3.05, 3.63) is 202 Å². The zero-order valence-corrected chi connectivity index (χ0v) is 39.9. The molecule has 0 saturated heterocycles. The first kappa shape index (κ1) is 52.2. The molecule has 0 aliphatic carbocycles. The molecule has 0 fully saturated rings. The summed E-state index contributed by atoms with van der Waals surface area (Å²) in [5, 5.41) is 0. The lowest BCUT2D eigenvalue weighted by molar-refractivity contribution is 0.103. The molecule has 0 spiro atoms. The number of carbonyl (C=O) groups excluding carboxylic acids is 1. The fraction of sp³-hybridized carbons (Fsp3) is 0.0755. The molecule has 0 unspecified atom stereocenters. The average Bonchev–Trinajstić information content (AvgIpc) is 3.39. The fourth-order valence-corrected chi connectivity index (χ4v) is 8.92. The van der Waals surface area contributed by atoms with Gasteiger partial charge in [0.2, 0.25) is 17.4 Å². The van der Waals surface area contributed by atoms with Crippen molar-refractivity contribution < 1.29 is 84.4 Å². The Morgan fingerprint density at radius 1 is 0.473 bits per heavy atom. The van der Waals surface area contributed by atoms with Gasteiger partial charge in [-0.15, -0.1) is 0 Å². The van der Waals surface area contributed by atoms with Gasteiger partial charge in [0.05, 0.1) is 25.3 Å². The van der Waals surface area contributed by atoms with Gasteiger partial charge in [-0.25, -0.2) is 26.3 Å². The molecule has 0 aliphatic heterocycles. The Balaban J connectivity index is 0.989. The summed E-state index contributed by atoms with van der Waals surface area (Å²) in [6.45, 7) is 0.633. The van der Waals surface area contributed by atoms with Crippen LogP contribution in [0.1, 0.15) is 27.0 Å². The first-order valence-electron chi connectivity index (χ1n) is 21.3. The highest BCUT2D eigenvalue weighted by molar-refractivity contribution is 7.86. The number of carbonyl (C=O) groups is 1. The number of ether oxygens (including phenoxy) is 4. The fourth-order valence-electron chi connectivity index (χ4n) is 7.50. The van der Waals surface area contributed by atoms with Crippen LogP contribution in [0.3, 0.4) is 0 Å². The molecule has 0 saturated carbocycles. The molecular weight excluding hydrogens is 1030 g/mol. The predicted octanol–water partition coefficient (Wildman–Crippen LogP) is 13.4. The Hall–Kier alpha value is -8.11. The number of ketones is 1. The van der Waals surface area contributed by atoms with Gasteiger partial charge in [-0.05, 0) is 114 Å². The second-order valence-electron chi connectivity index (χ2n) is 16.0. The molecule has 380 valence electrons. The normalized spacial score (nSPS) is 11.6. The molecule has 0 radical (unpaired) electrons. The van der Waals surface area contributed by atoms with Crippen LogP contribution in [0.15, 0.2) is 138 Å². The van der Waals surface area contributed by atoms with E-state index < -0.39 is 106 Å². The van der Waals surface area contributed by atoms with E-state index in [0.717, 1.165) is 42.5 Å². The molecule has 8 rings (SSSR count). The van der Waals surface area contributed by atoms with Crippen LogP contribution in [0.2, 0.25) is 0 Å². The highest BCUT2D eigenvalue weighted by Gasteiger charge is 2.34. The van der Waals surface area contributed by atoms with E-state index in [1.807, 2.05) is 12.1 Å². The molecule has 8 aromatic rings. The number of hydrogen-bond donors (Lipinski definition) is 1. The Morgan fingerprint density at radius 2 is 0.851 bits per heavy atom. The standard InChI is InChI=1S/C53H34F8O11S2/c1-27-44(54)46(56)42(47(57)45(27)55)43-48(58)50(60)53(51(61)49(43)59)72-38-20-10-31(11-21-38)30-6-16-36(17-7-30)70-39-22-12-32(24-34(39)26-73(63,64)65)52(62)33-13-23-40(41(25-33)74(66,67)69-3)71-37-18-8-29(9-19-37)28-4-14-35(68-2)15-5-28/h4-25H,26H2,1-3H3,(H,63,64,65). The molecule has 0 aromatic heterocycles. The van der Waals surface area contributed by atoms with Crippen LogP contribution in [0.25, 0.3) is 33.4 Å². The van der Waals surface area contributed by atoms with Gasteiger partial charge in [0.25, 0.3) is 20.2 Å². The van der Waals surface area contributed by atoms with Crippen molar-refractivity contribution in [2.75, 3.05) is 14.2 Å². The third kappa shape index (κ3) is 10.7. The second kappa shape index (κ2) is 20.8. The highest BCUT2D eigenvalue weighted by atomic mass is 32.2. The van der Waals surface area contributed by atoms with Crippen LogP contribution >= 0.6 is 0 Å². The van der Waals surface area contributed by atoms with Crippen LogP contribution in [0.4, 0.5) is 35.1 Å². The monoisotopic (exact) mass is 1060 g/mol. The number of benzene rings is 8. The number of halogens is 8. The van der Waals surface area contributed by atoms with Crippen LogP contribution in [-0.4, -0.2) is 41.4 Å². The van der Waals surface area contributed by atoms with Gasteiger partial charge in [0.15, 0.2) is 40.7 Å². The van der Waals surface area contributed by atoms with Gasteiger partial charge in [-0.1, -0.05) is 48.5 Å². The number of hydrogen-bond acceptors (Lipinski definition) is 10. The summed E-state index contributed by atoms with van der Waals surface area (Å²) in [5.74, 6) is -21.0. The SMILES string of the molecule is COc1ccc(-c2ccc(Oc3ccc(C(=O)c4ccc(Oc5ccc(-c6ccc(Oc7c(F)c(F)c(-c8c(F)c(F)c(C)c(F)c8F)c(F)c7F)cc6)cc5)c(CS(=O)(=O)O)c4)cc3S(=O)(=O)OC)cc2)cc1. The topological polar surface area (TPSA) is 152 Å². The number of rotatable bonds is 16. The smallest absolute Gasteiger partial charge is 0.300 e. The quantitative estimate of drug-likeness (QED) is 0.0324. The summed E-state index contributed by atoms with van der Waals surface area (Å²) in [4.78, 5) is 13.4. The number of methoxy groups -OCH3 is 1. The van der Waals surface area contributed by atoms with Crippen molar-refractivity contribution in [1.82, 2.24) is 0 Å². The summed E-state index contributed by atoms with van der Waals surface area (Å²) >= 11 is 0. The van der Waals surface area contributed by atoms with Gasteiger partial charge < -0.3 is 18.9 Å². The molecule has 0 amide bonds. The summed E-state index contributed by atoms with van der Waals surface area (Å²) in [6, 6.07) is 32.3. The zero-order valence-electron chi connectivity index (χ0n) is 38.3. The molecule has 8 aromatic carbocycles. The van der Waals surface area contributed by atoms with Crippen LogP contribution in [0.5, 0.6) is 40.2 Å². The first-order chi connectivity index (χ1) is 35.1. The lowest BCUT2D eigenvalue weighted by atomic mass is 9.99. The average molecular weight is 1060 g/mol. The van der Waals surface area contributed by atoms with E-state index in [-0.39, 0.29) is 45.4 Å². The first-order valence-corrected chi connectivity index (χ1v) is 24.4. The maximum Gasteiger partial charge on any atom is 0.300 e. The third-order valence-electron chi connectivity index (χ3n) is 11.3. The Bertz CT molecular complexity index is 3670. The van der Waals surface area contributed by atoms with E-state index in [1.54, 1.807) is 43.5 Å². The minimum atomic E-state index is -4.73. The minimum absolute atomic E-state index is 0.105. The Kier molecular flexibility index (Phi) is 14.7. The molecule has 21 heteroatoms. The van der Waals surface area contributed by atoms with Crippen molar-refractivity contribution in [1.29, 1.82) is 0 Å². The molecule has 0 heterocycles. The summed E-state index contributed by atoms with van der Waals surface area (Å²) < 4.78 is 205. The minimum Gasteiger partial charge on any atom is -0.497 e. The largest absolute Gasteiger partial charge is 0.497 e. The molecule has 0 bridgehead atoms. The molecule has 0 aliphatic rings. The summed E-state index contributed by atoms with van der Waals surface area (Å²) in [5.41, 5.74) is -3.05. The molecule has 11 nitrogen and oxygen atoms in total. The van der Waals surface area contributed by atoms with Crippen molar-refractivity contribution in [3.63, 3.8) is 0 Å². The molecule has 1 N–H and O–H groups in total. The summed E-state index contributed by atoms with van der Waals surface area (Å²) in [7, 11) is -6.73.